The first kappa shape index (κ1) is 23.4. The average Bonchev–Trinajstić information content (AvgIpc) is 3.04. The molecule has 5 atom stereocenters. The largest absolute Gasteiger partial charge is 0.320 e. The summed E-state index contributed by atoms with van der Waals surface area (Å²) in [5.74, 6) is 1.89. The first-order valence-corrected chi connectivity index (χ1v) is 14.6. The molecule has 3 aromatic rings. The SMILES string of the molecule is O=c1cccc(-c2nc3ccccc3n(C3CC4CCCC(C3)N4C3CCC4CCCC(C4)C3)c2=O)[nH]1. The molecule has 6 heteroatoms. The van der Waals surface area contributed by atoms with Gasteiger partial charge < -0.3 is 9.55 Å². The molecule has 0 amide bonds. The number of benzene rings is 1. The van der Waals surface area contributed by atoms with Crippen LogP contribution < -0.4 is 11.1 Å². The molecule has 2 aliphatic heterocycles. The number of para-hydroxylation sites is 2. The van der Waals surface area contributed by atoms with Gasteiger partial charge in [-0.25, -0.2) is 4.98 Å². The average molecular weight is 499 g/mol. The van der Waals surface area contributed by atoms with Crippen LogP contribution >= 0.6 is 0 Å². The fourth-order valence-corrected chi connectivity index (χ4v) is 8.55. The molecule has 2 aliphatic carbocycles. The van der Waals surface area contributed by atoms with Crippen LogP contribution in [0.25, 0.3) is 22.4 Å². The van der Waals surface area contributed by atoms with E-state index in [4.69, 9.17) is 4.98 Å². The van der Waals surface area contributed by atoms with Gasteiger partial charge in [0.1, 0.15) is 0 Å². The highest BCUT2D eigenvalue weighted by Gasteiger charge is 2.44. The maximum atomic E-state index is 14.0. The van der Waals surface area contributed by atoms with E-state index in [-0.39, 0.29) is 17.2 Å². The Morgan fingerprint density at radius 1 is 0.703 bits per heavy atom. The Kier molecular flexibility index (Phi) is 6.03. The smallest absolute Gasteiger partial charge is 0.279 e. The van der Waals surface area contributed by atoms with Gasteiger partial charge in [-0.15, -0.1) is 0 Å². The third-order valence-corrected chi connectivity index (χ3v) is 10.0. The van der Waals surface area contributed by atoms with Crippen molar-refractivity contribution in [2.24, 2.45) is 11.8 Å². The van der Waals surface area contributed by atoms with E-state index in [1.165, 1.54) is 70.3 Å². The Labute approximate surface area is 218 Å². The van der Waals surface area contributed by atoms with Gasteiger partial charge in [0, 0.05) is 30.2 Å². The van der Waals surface area contributed by atoms with Crippen molar-refractivity contribution < 1.29 is 0 Å². The van der Waals surface area contributed by atoms with Gasteiger partial charge in [0.05, 0.1) is 16.7 Å². The highest BCUT2D eigenvalue weighted by atomic mass is 16.1. The second-order valence-corrected chi connectivity index (χ2v) is 12.2. The zero-order chi connectivity index (χ0) is 24.9. The quantitative estimate of drug-likeness (QED) is 0.505. The first-order chi connectivity index (χ1) is 18.1. The predicted octanol–water partition coefficient (Wildman–Crippen LogP) is 5.67. The van der Waals surface area contributed by atoms with Gasteiger partial charge in [0.25, 0.3) is 5.56 Å². The number of aromatic amines is 1. The molecule has 2 saturated carbocycles. The van der Waals surface area contributed by atoms with Gasteiger partial charge in [-0.05, 0) is 81.4 Å². The number of hydrogen-bond donors (Lipinski definition) is 1. The van der Waals surface area contributed by atoms with Gasteiger partial charge in [-0.3, -0.25) is 14.5 Å². The number of fused-ring (bicyclic) bond motifs is 5. The highest BCUT2D eigenvalue weighted by molar-refractivity contribution is 5.77. The molecule has 1 N–H and O–H groups in total. The Bertz CT molecular complexity index is 1400. The van der Waals surface area contributed by atoms with Crippen molar-refractivity contribution in [3.8, 4) is 11.4 Å². The molecular formula is C31H38N4O2. The van der Waals surface area contributed by atoms with E-state index >= 15 is 0 Å². The standard InChI is InChI=1S/C31H38N4O2/c36-29-13-5-11-27(32-29)30-31(37)35(28-12-2-1-10-26(28)33-30)25-18-22-8-4-9-23(19-25)34(22)24-15-14-20-6-3-7-21(16-20)17-24/h1-2,5,10-13,20-25H,3-4,6-9,14-19H2,(H,32,36). The van der Waals surface area contributed by atoms with Crippen LogP contribution in [0.1, 0.15) is 83.1 Å². The van der Waals surface area contributed by atoms with Crippen molar-refractivity contribution in [3.05, 3.63) is 63.2 Å². The summed E-state index contributed by atoms with van der Waals surface area (Å²) in [5, 5.41) is 0. The Hall–Kier alpha value is -2.73. The van der Waals surface area contributed by atoms with E-state index in [1.54, 1.807) is 12.1 Å². The molecule has 0 spiro atoms. The maximum absolute atomic E-state index is 14.0. The number of hydrogen-bond acceptors (Lipinski definition) is 4. The Balaban J connectivity index is 1.25. The molecule has 1 aromatic carbocycles. The number of aromatic nitrogens is 3. The lowest BCUT2D eigenvalue weighted by Gasteiger charge is -2.53. The van der Waals surface area contributed by atoms with E-state index < -0.39 is 0 Å². The summed E-state index contributed by atoms with van der Waals surface area (Å²) in [4.78, 5) is 36.6. The van der Waals surface area contributed by atoms with Crippen molar-refractivity contribution in [1.29, 1.82) is 0 Å². The number of H-pyrrole nitrogens is 1. The molecule has 4 bridgehead atoms. The van der Waals surface area contributed by atoms with Crippen molar-refractivity contribution in [3.63, 3.8) is 0 Å². The lowest BCUT2D eigenvalue weighted by molar-refractivity contribution is -0.0251. The monoisotopic (exact) mass is 498 g/mol. The maximum Gasteiger partial charge on any atom is 0.279 e. The molecule has 37 heavy (non-hydrogen) atoms. The second kappa shape index (κ2) is 9.54. The van der Waals surface area contributed by atoms with Crippen LogP contribution in [0.2, 0.25) is 0 Å². The van der Waals surface area contributed by atoms with E-state index in [0.29, 0.717) is 23.5 Å². The third kappa shape index (κ3) is 4.27. The lowest BCUT2D eigenvalue weighted by Crippen LogP contribution is -2.57. The van der Waals surface area contributed by atoms with Crippen LogP contribution in [-0.2, 0) is 0 Å². The van der Waals surface area contributed by atoms with Gasteiger partial charge >= 0.3 is 0 Å². The number of piperidine rings is 2. The number of pyridine rings is 1. The van der Waals surface area contributed by atoms with Crippen molar-refractivity contribution in [2.45, 2.75) is 101 Å². The summed E-state index contributed by atoms with van der Waals surface area (Å²) < 4.78 is 2.03. The molecule has 194 valence electrons. The minimum atomic E-state index is -0.214. The second-order valence-electron chi connectivity index (χ2n) is 12.2. The zero-order valence-corrected chi connectivity index (χ0v) is 21.6. The molecule has 2 saturated heterocycles. The summed E-state index contributed by atoms with van der Waals surface area (Å²) in [6.07, 6.45) is 15.8. The predicted molar refractivity (Wildman–Crippen MR) is 147 cm³/mol. The third-order valence-electron chi connectivity index (χ3n) is 10.0. The zero-order valence-electron chi connectivity index (χ0n) is 21.6. The van der Waals surface area contributed by atoms with E-state index in [1.807, 2.05) is 28.8 Å². The molecule has 4 fully saturated rings. The van der Waals surface area contributed by atoms with Crippen molar-refractivity contribution >= 4 is 11.0 Å². The molecule has 4 heterocycles. The minimum Gasteiger partial charge on any atom is -0.320 e. The molecular weight excluding hydrogens is 460 g/mol. The van der Waals surface area contributed by atoms with Gasteiger partial charge in [-0.2, -0.15) is 0 Å². The highest BCUT2D eigenvalue weighted by Crippen LogP contribution is 2.46. The number of nitrogens with one attached hydrogen (secondary N) is 1. The fraction of sp³-hybridized carbons (Fsp3) is 0.581. The van der Waals surface area contributed by atoms with Crippen LogP contribution in [0.15, 0.2) is 52.1 Å². The van der Waals surface area contributed by atoms with E-state index in [9.17, 15) is 9.59 Å². The minimum absolute atomic E-state index is 0.0830. The number of rotatable bonds is 3. The fourth-order valence-electron chi connectivity index (χ4n) is 8.55. The van der Waals surface area contributed by atoms with Crippen molar-refractivity contribution in [2.75, 3.05) is 0 Å². The summed E-state index contributed by atoms with van der Waals surface area (Å²) in [7, 11) is 0. The van der Waals surface area contributed by atoms with Crippen LogP contribution in [0.3, 0.4) is 0 Å². The van der Waals surface area contributed by atoms with Crippen LogP contribution in [0, 0.1) is 11.8 Å². The summed E-state index contributed by atoms with van der Waals surface area (Å²) in [5.41, 5.74) is 2.27. The summed E-state index contributed by atoms with van der Waals surface area (Å²) in [6.45, 7) is 0. The molecule has 5 unspecified atom stereocenters. The number of nitrogens with zero attached hydrogens (tertiary/aromatic N) is 3. The van der Waals surface area contributed by atoms with E-state index in [2.05, 4.69) is 9.88 Å². The summed E-state index contributed by atoms with van der Waals surface area (Å²) >= 11 is 0. The summed E-state index contributed by atoms with van der Waals surface area (Å²) in [6, 6.07) is 14.9. The lowest BCUT2D eigenvalue weighted by atomic mass is 9.78. The van der Waals surface area contributed by atoms with Crippen LogP contribution in [0.4, 0.5) is 0 Å². The molecule has 2 aromatic heterocycles. The normalized spacial score (nSPS) is 32.2. The van der Waals surface area contributed by atoms with Gasteiger partial charge in [-0.1, -0.05) is 43.9 Å². The van der Waals surface area contributed by atoms with Gasteiger partial charge in [0.15, 0.2) is 5.69 Å². The van der Waals surface area contributed by atoms with Crippen LogP contribution in [-0.4, -0.2) is 37.6 Å². The Morgan fingerprint density at radius 3 is 2.30 bits per heavy atom. The molecule has 0 radical (unpaired) electrons. The first-order valence-electron chi connectivity index (χ1n) is 14.6. The van der Waals surface area contributed by atoms with E-state index in [0.717, 1.165) is 41.8 Å². The van der Waals surface area contributed by atoms with Crippen LogP contribution in [0.5, 0.6) is 0 Å². The topological polar surface area (TPSA) is 71.0 Å². The Morgan fingerprint density at radius 2 is 1.46 bits per heavy atom. The molecule has 6 nitrogen and oxygen atoms in total. The van der Waals surface area contributed by atoms with Gasteiger partial charge in [0.2, 0.25) is 5.56 Å². The van der Waals surface area contributed by atoms with Crippen molar-refractivity contribution in [1.82, 2.24) is 19.4 Å². The molecule has 4 aliphatic rings. The molecule has 7 rings (SSSR count).